The van der Waals surface area contributed by atoms with Crippen LogP contribution in [0.15, 0.2) is 36.3 Å². The Balaban J connectivity index is 1.94. The third-order valence-corrected chi connectivity index (χ3v) is 3.64. The van der Waals surface area contributed by atoms with Gasteiger partial charge in [0.15, 0.2) is 6.04 Å². The molecule has 1 aromatic rings. The lowest BCUT2D eigenvalue weighted by Gasteiger charge is -2.35. The smallest absolute Gasteiger partial charge is 0.331 e. The van der Waals surface area contributed by atoms with Gasteiger partial charge in [0, 0.05) is 6.54 Å². The first-order valence-electron chi connectivity index (χ1n) is 6.74. The Morgan fingerprint density at radius 1 is 1.24 bits per heavy atom. The van der Waals surface area contributed by atoms with Gasteiger partial charge in [-0.3, -0.25) is 4.79 Å². The average molecular weight is 289 g/mol. The van der Waals surface area contributed by atoms with Crippen LogP contribution in [-0.4, -0.2) is 41.6 Å². The molecular formula is C15H15NO5. The molecule has 6 heteroatoms. The highest BCUT2D eigenvalue weighted by molar-refractivity contribution is 5.95. The summed E-state index contributed by atoms with van der Waals surface area (Å²) in [6.45, 7) is 1.02. The summed E-state index contributed by atoms with van der Waals surface area (Å²) in [6.07, 6.45) is 1.88. The summed E-state index contributed by atoms with van der Waals surface area (Å²) in [5.74, 6) is -1.43. The Labute approximate surface area is 121 Å². The van der Waals surface area contributed by atoms with Gasteiger partial charge < -0.3 is 19.5 Å². The van der Waals surface area contributed by atoms with Crippen molar-refractivity contribution in [3.63, 3.8) is 0 Å². The average Bonchev–Trinajstić information content (AvgIpc) is 2.53. The van der Waals surface area contributed by atoms with Crippen LogP contribution < -0.4 is 0 Å². The predicted molar refractivity (Wildman–Crippen MR) is 72.2 cm³/mol. The van der Waals surface area contributed by atoms with E-state index in [1.54, 1.807) is 12.1 Å². The lowest BCUT2D eigenvalue weighted by molar-refractivity contribution is -0.151. The molecule has 0 saturated carbocycles. The fourth-order valence-electron chi connectivity index (χ4n) is 2.67. The van der Waals surface area contributed by atoms with E-state index in [1.165, 1.54) is 11.2 Å². The first kappa shape index (κ1) is 13.5. The van der Waals surface area contributed by atoms with E-state index in [-0.39, 0.29) is 5.76 Å². The van der Waals surface area contributed by atoms with Crippen LogP contribution in [0.4, 0.5) is 0 Å². The Morgan fingerprint density at radius 3 is 2.76 bits per heavy atom. The van der Waals surface area contributed by atoms with Gasteiger partial charge in [-0.2, -0.15) is 0 Å². The van der Waals surface area contributed by atoms with Crippen LogP contribution in [0.25, 0.3) is 0 Å². The van der Waals surface area contributed by atoms with Gasteiger partial charge in [0.25, 0.3) is 5.91 Å². The molecule has 1 atom stereocenters. The quantitative estimate of drug-likeness (QED) is 0.882. The van der Waals surface area contributed by atoms with E-state index in [0.29, 0.717) is 31.7 Å². The summed E-state index contributed by atoms with van der Waals surface area (Å²) in [4.78, 5) is 25.4. The van der Waals surface area contributed by atoms with Crippen molar-refractivity contribution >= 4 is 11.9 Å². The maximum Gasteiger partial charge on any atom is 0.331 e. The Hall–Kier alpha value is -2.50. The van der Waals surface area contributed by atoms with Crippen LogP contribution in [0, 0.1) is 0 Å². The van der Waals surface area contributed by atoms with Crippen LogP contribution in [0.2, 0.25) is 0 Å². The molecule has 0 bridgehead atoms. The largest absolute Gasteiger partial charge is 0.494 e. The van der Waals surface area contributed by atoms with Crippen molar-refractivity contribution in [2.24, 2.45) is 0 Å². The normalized spacial score (nSPS) is 20.7. The zero-order chi connectivity index (χ0) is 14.8. The van der Waals surface area contributed by atoms with Crippen molar-refractivity contribution in [3.05, 3.63) is 47.4 Å². The molecule has 110 valence electrons. The number of fused-ring (bicyclic) bond motifs is 1. The van der Waals surface area contributed by atoms with Gasteiger partial charge >= 0.3 is 5.97 Å². The summed E-state index contributed by atoms with van der Waals surface area (Å²) in [7, 11) is 0. The van der Waals surface area contributed by atoms with Crippen molar-refractivity contribution in [3.8, 4) is 0 Å². The van der Waals surface area contributed by atoms with E-state index < -0.39 is 17.9 Å². The molecule has 0 radical (unpaired) electrons. The molecule has 2 aliphatic heterocycles. The van der Waals surface area contributed by atoms with Crippen LogP contribution >= 0.6 is 0 Å². The Kier molecular flexibility index (Phi) is 3.51. The number of hydrogen-bond acceptors (Lipinski definition) is 4. The van der Waals surface area contributed by atoms with E-state index in [2.05, 4.69) is 0 Å². The second kappa shape index (κ2) is 5.47. The molecule has 0 aliphatic carbocycles. The molecule has 0 spiro atoms. The molecule has 1 unspecified atom stereocenters. The molecule has 6 nitrogen and oxygen atoms in total. The second-order valence-electron chi connectivity index (χ2n) is 4.89. The van der Waals surface area contributed by atoms with Crippen LogP contribution in [0.3, 0.4) is 0 Å². The summed E-state index contributed by atoms with van der Waals surface area (Å²) >= 11 is 0. The van der Waals surface area contributed by atoms with Gasteiger partial charge in [-0.15, -0.1) is 0 Å². The number of carboxylic acid groups (broad SMARTS) is 1. The molecule has 0 saturated heterocycles. The summed E-state index contributed by atoms with van der Waals surface area (Å²) < 4.78 is 10.3. The number of nitrogens with zero attached hydrogens (tertiary/aromatic N) is 1. The first-order valence-corrected chi connectivity index (χ1v) is 6.74. The van der Waals surface area contributed by atoms with Crippen molar-refractivity contribution in [2.75, 3.05) is 19.8 Å². The van der Waals surface area contributed by atoms with E-state index in [9.17, 15) is 14.7 Å². The Morgan fingerprint density at radius 2 is 2.05 bits per heavy atom. The van der Waals surface area contributed by atoms with Crippen molar-refractivity contribution in [1.29, 1.82) is 0 Å². The number of ether oxygens (including phenoxy) is 2. The number of benzene rings is 1. The van der Waals surface area contributed by atoms with Crippen LogP contribution in [0.5, 0.6) is 0 Å². The highest BCUT2D eigenvalue weighted by Gasteiger charge is 2.37. The molecule has 2 heterocycles. The molecule has 21 heavy (non-hydrogen) atoms. The summed E-state index contributed by atoms with van der Waals surface area (Å²) in [5.41, 5.74) is 1.62. The van der Waals surface area contributed by atoms with Crippen molar-refractivity contribution in [2.45, 2.75) is 12.5 Å². The molecule has 0 fully saturated rings. The third-order valence-electron chi connectivity index (χ3n) is 3.64. The van der Waals surface area contributed by atoms with Gasteiger partial charge in [-0.1, -0.05) is 24.3 Å². The maximum atomic E-state index is 12.5. The van der Waals surface area contributed by atoms with Crippen LogP contribution in [0.1, 0.15) is 17.2 Å². The molecule has 1 N–H and O–H groups in total. The Bertz CT molecular complexity index is 610. The summed E-state index contributed by atoms with van der Waals surface area (Å²) in [6, 6.07) is 6.30. The molecule has 1 amide bonds. The van der Waals surface area contributed by atoms with Crippen molar-refractivity contribution < 1.29 is 24.2 Å². The second-order valence-corrected chi connectivity index (χ2v) is 4.89. The zero-order valence-electron chi connectivity index (χ0n) is 11.3. The SMILES string of the molecule is O=C(O)C1c2ccccc2CCN1C(=O)C1=COCCO1. The van der Waals surface area contributed by atoms with Gasteiger partial charge in [-0.05, 0) is 17.5 Å². The number of carbonyl (C=O) groups is 2. The monoisotopic (exact) mass is 289 g/mol. The number of carboxylic acids is 1. The lowest BCUT2D eigenvalue weighted by Crippen LogP contribution is -2.44. The van der Waals surface area contributed by atoms with Gasteiger partial charge in [0.1, 0.15) is 19.5 Å². The summed E-state index contributed by atoms with van der Waals surface area (Å²) in [5, 5.41) is 9.52. The molecule has 3 rings (SSSR count). The van der Waals surface area contributed by atoms with E-state index in [1.807, 2.05) is 12.1 Å². The number of carbonyl (C=O) groups excluding carboxylic acids is 1. The maximum absolute atomic E-state index is 12.5. The third kappa shape index (κ3) is 2.44. The van der Waals surface area contributed by atoms with Crippen LogP contribution in [-0.2, 0) is 25.5 Å². The number of aliphatic carboxylic acids is 1. The lowest BCUT2D eigenvalue weighted by atomic mass is 9.92. The predicted octanol–water partition coefficient (Wildman–Crippen LogP) is 1.09. The minimum absolute atomic E-state index is 0.0619. The minimum Gasteiger partial charge on any atom is -0.494 e. The molecule has 1 aromatic carbocycles. The standard InChI is InChI=1S/C15H15NO5/c17-14(12-9-20-7-8-21-12)16-6-5-10-3-1-2-4-11(10)13(16)15(18)19/h1-4,9,13H,5-8H2,(H,18,19). The van der Waals surface area contributed by atoms with Gasteiger partial charge in [0.05, 0.1) is 0 Å². The van der Waals surface area contributed by atoms with E-state index in [4.69, 9.17) is 9.47 Å². The molecular weight excluding hydrogens is 274 g/mol. The molecule has 2 aliphatic rings. The van der Waals surface area contributed by atoms with Crippen molar-refractivity contribution in [1.82, 2.24) is 4.90 Å². The van der Waals surface area contributed by atoms with E-state index in [0.717, 1.165) is 5.56 Å². The van der Waals surface area contributed by atoms with E-state index >= 15 is 0 Å². The minimum atomic E-state index is -1.05. The molecule has 0 aromatic heterocycles. The highest BCUT2D eigenvalue weighted by atomic mass is 16.6. The topological polar surface area (TPSA) is 76.1 Å². The number of amides is 1. The van der Waals surface area contributed by atoms with Gasteiger partial charge in [0.2, 0.25) is 5.76 Å². The fraction of sp³-hybridized carbons (Fsp3) is 0.333. The fourth-order valence-corrected chi connectivity index (χ4v) is 2.67. The number of hydrogen-bond donors (Lipinski definition) is 1. The van der Waals surface area contributed by atoms with Gasteiger partial charge in [-0.25, -0.2) is 4.79 Å². The number of rotatable bonds is 2. The zero-order valence-corrected chi connectivity index (χ0v) is 11.3. The first-order chi connectivity index (χ1) is 10.2. The highest BCUT2D eigenvalue weighted by Crippen LogP contribution is 2.31.